The van der Waals surface area contributed by atoms with Crippen LogP contribution < -0.4 is 4.84 Å². The van der Waals surface area contributed by atoms with Crippen molar-refractivity contribution in [1.29, 1.82) is 0 Å². The molecule has 1 heterocycles. The topological polar surface area (TPSA) is 64.4 Å². The van der Waals surface area contributed by atoms with Gasteiger partial charge < -0.3 is 4.84 Å². The molecular formula is C7H7N3O2. The van der Waals surface area contributed by atoms with Gasteiger partial charge in [-0.05, 0) is 6.92 Å². The van der Waals surface area contributed by atoms with E-state index in [-0.39, 0.29) is 11.8 Å². The maximum absolute atomic E-state index is 10.8. The van der Waals surface area contributed by atoms with Gasteiger partial charge in [0.25, 0.3) is 0 Å². The fourth-order valence-corrected chi connectivity index (χ4v) is 0.603. The van der Waals surface area contributed by atoms with Gasteiger partial charge in [0.1, 0.15) is 0 Å². The Hall–Kier alpha value is -1.78. The van der Waals surface area contributed by atoms with Crippen LogP contribution in [0.3, 0.4) is 0 Å². The molecule has 0 N–H and O–H groups in total. The van der Waals surface area contributed by atoms with E-state index < -0.39 is 0 Å². The van der Waals surface area contributed by atoms with Crippen molar-refractivity contribution in [1.82, 2.24) is 9.97 Å². The summed E-state index contributed by atoms with van der Waals surface area (Å²) < 4.78 is 0. The van der Waals surface area contributed by atoms with Gasteiger partial charge in [-0.1, -0.05) is 5.16 Å². The Bertz CT molecular complexity index is 294. The zero-order valence-corrected chi connectivity index (χ0v) is 6.52. The minimum atomic E-state index is -0.0897. The molecule has 5 heteroatoms. The number of aromatic nitrogens is 2. The molecule has 0 aromatic carbocycles. The van der Waals surface area contributed by atoms with E-state index in [1.54, 1.807) is 0 Å². The maximum Gasteiger partial charge on any atom is 0.345 e. The molecule has 0 amide bonds. The van der Waals surface area contributed by atoms with Crippen molar-refractivity contribution >= 4 is 12.5 Å². The molecule has 0 aliphatic rings. The Balaban J connectivity index is 2.85. The monoisotopic (exact) mass is 165 g/mol. The normalized spacial score (nSPS) is 9.08. The van der Waals surface area contributed by atoms with Crippen molar-refractivity contribution in [3.8, 4) is 6.01 Å². The van der Waals surface area contributed by atoms with Gasteiger partial charge in [0.2, 0.25) is 0 Å². The first kappa shape index (κ1) is 8.32. The molecule has 1 aromatic heterocycles. The molecule has 0 saturated heterocycles. The molecule has 12 heavy (non-hydrogen) atoms. The van der Waals surface area contributed by atoms with Crippen molar-refractivity contribution in [2.45, 2.75) is 6.92 Å². The first-order chi connectivity index (χ1) is 5.74. The van der Waals surface area contributed by atoms with Crippen LogP contribution in [0, 0.1) is 0 Å². The second kappa shape index (κ2) is 3.56. The first-order valence-corrected chi connectivity index (χ1v) is 3.20. The second-order valence-electron chi connectivity index (χ2n) is 2.03. The molecule has 0 aliphatic carbocycles. The van der Waals surface area contributed by atoms with Gasteiger partial charge in [0, 0.05) is 19.1 Å². The van der Waals surface area contributed by atoms with Gasteiger partial charge in [-0.3, -0.25) is 4.79 Å². The van der Waals surface area contributed by atoms with Crippen LogP contribution in [0.4, 0.5) is 0 Å². The molecule has 62 valence electrons. The lowest BCUT2D eigenvalue weighted by molar-refractivity contribution is 0.101. The van der Waals surface area contributed by atoms with Gasteiger partial charge in [-0.2, -0.15) is 0 Å². The molecule has 0 bridgehead atoms. The molecule has 0 aliphatic heterocycles. The third-order valence-electron chi connectivity index (χ3n) is 1.18. The van der Waals surface area contributed by atoms with Crippen LogP contribution in [0.15, 0.2) is 17.5 Å². The van der Waals surface area contributed by atoms with Gasteiger partial charge >= 0.3 is 6.01 Å². The fourth-order valence-electron chi connectivity index (χ4n) is 0.603. The molecule has 0 atom stereocenters. The summed E-state index contributed by atoms with van der Waals surface area (Å²) in [6, 6.07) is 0.0787. The van der Waals surface area contributed by atoms with Crippen LogP contribution in [0.5, 0.6) is 6.01 Å². The number of ketones is 1. The van der Waals surface area contributed by atoms with Crippen molar-refractivity contribution < 1.29 is 9.63 Å². The van der Waals surface area contributed by atoms with Crippen molar-refractivity contribution in [2.24, 2.45) is 5.16 Å². The summed E-state index contributed by atoms with van der Waals surface area (Å²) in [6.45, 7) is 4.53. The summed E-state index contributed by atoms with van der Waals surface area (Å²) >= 11 is 0. The van der Waals surface area contributed by atoms with Gasteiger partial charge in [0.05, 0.1) is 5.56 Å². The fraction of sp³-hybridized carbons (Fsp3) is 0.143. The molecule has 0 spiro atoms. The van der Waals surface area contributed by atoms with Crippen molar-refractivity contribution in [3.63, 3.8) is 0 Å². The summed E-state index contributed by atoms with van der Waals surface area (Å²) in [6.07, 6.45) is 2.74. The smallest absolute Gasteiger partial charge is 0.316 e. The second-order valence-corrected chi connectivity index (χ2v) is 2.03. The van der Waals surface area contributed by atoms with Crippen LogP contribution in [-0.4, -0.2) is 22.5 Å². The van der Waals surface area contributed by atoms with E-state index >= 15 is 0 Å². The highest BCUT2D eigenvalue weighted by Gasteiger charge is 2.01. The predicted molar refractivity (Wildman–Crippen MR) is 42.2 cm³/mol. The van der Waals surface area contributed by atoms with E-state index in [1.165, 1.54) is 19.3 Å². The SMILES string of the molecule is C=NOc1ncc(C(C)=O)cn1. The van der Waals surface area contributed by atoms with E-state index in [0.717, 1.165) is 0 Å². The summed E-state index contributed by atoms with van der Waals surface area (Å²) in [4.78, 5) is 22.7. The summed E-state index contributed by atoms with van der Waals surface area (Å²) in [5.74, 6) is -0.0897. The molecule has 0 radical (unpaired) electrons. The van der Waals surface area contributed by atoms with Crippen molar-refractivity contribution in [2.75, 3.05) is 0 Å². The van der Waals surface area contributed by atoms with E-state index in [9.17, 15) is 4.79 Å². The average molecular weight is 165 g/mol. The Morgan fingerprint density at radius 1 is 1.58 bits per heavy atom. The number of oxime groups is 1. The highest BCUT2D eigenvalue weighted by atomic mass is 16.6. The van der Waals surface area contributed by atoms with E-state index in [0.29, 0.717) is 5.56 Å². The summed E-state index contributed by atoms with van der Waals surface area (Å²) in [5.41, 5.74) is 0.436. The van der Waals surface area contributed by atoms with E-state index in [1.807, 2.05) is 0 Å². The molecule has 0 saturated carbocycles. The molecule has 0 fully saturated rings. The highest BCUT2D eigenvalue weighted by Crippen LogP contribution is 2.02. The number of carbonyl (C=O) groups is 1. The lowest BCUT2D eigenvalue weighted by atomic mass is 10.2. The van der Waals surface area contributed by atoms with Crippen molar-refractivity contribution in [3.05, 3.63) is 18.0 Å². The number of hydrogen-bond acceptors (Lipinski definition) is 5. The lowest BCUT2D eigenvalue weighted by Crippen LogP contribution is -1.96. The first-order valence-electron chi connectivity index (χ1n) is 3.20. The lowest BCUT2D eigenvalue weighted by Gasteiger charge is -1.95. The molecule has 5 nitrogen and oxygen atoms in total. The van der Waals surface area contributed by atoms with Crippen LogP contribution in [0.25, 0.3) is 0 Å². The van der Waals surface area contributed by atoms with Gasteiger partial charge in [-0.25, -0.2) is 9.97 Å². The third kappa shape index (κ3) is 1.85. The number of carbonyl (C=O) groups excluding carboxylic acids is 1. The maximum atomic E-state index is 10.8. The van der Waals surface area contributed by atoms with Gasteiger partial charge in [0.15, 0.2) is 5.78 Å². The summed E-state index contributed by atoms with van der Waals surface area (Å²) in [5, 5.41) is 3.12. The number of Topliss-reactive ketones (excluding diaryl/α,β-unsaturated/α-hetero) is 1. The molecule has 0 unspecified atom stereocenters. The Morgan fingerprint density at radius 3 is 2.58 bits per heavy atom. The van der Waals surface area contributed by atoms with E-state index in [4.69, 9.17) is 0 Å². The zero-order chi connectivity index (χ0) is 8.97. The Labute approximate surface area is 69.1 Å². The zero-order valence-electron chi connectivity index (χ0n) is 6.52. The van der Waals surface area contributed by atoms with Crippen LogP contribution >= 0.6 is 0 Å². The third-order valence-corrected chi connectivity index (χ3v) is 1.18. The predicted octanol–water partition coefficient (Wildman–Crippen LogP) is 0.674. The Morgan fingerprint density at radius 2 is 2.17 bits per heavy atom. The summed E-state index contributed by atoms with van der Waals surface area (Å²) in [7, 11) is 0. The number of rotatable bonds is 3. The van der Waals surface area contributed by atoms with Gasteiger partial charge in [-0.15, -0.1) is 0 Å². The molecule has 1 rings (SSSR count). The minimum absolute atomic E-state index is 0.0787. The van der Waals surface area contributed by atoms with Crippen LogP contribution in [-0.2, 0) is 0 Å². The highest BCUT2D eigenvalue weighted by molar-refractivity contribution is 5.93. The van der Waals surface area contributed by atoms with E-state index in [2.05, 4.69) is 26.7 Å². The quantitative estimate of drug-likeness (QED) is 0.375. The average Bonchev–Trinajstić information content (AvgIpc) is 2.06. The standard InChI is InChI=1S/C7H7N3O2/c1-5(11)6-3-9-7(10-4-6)12-8-2/h3-4H,2H2,1H3. The molecule has 1 aromatic rings. The number of hydrogen-bond donors (Lipinski definition) is 0. The van der Waals surface area contributed by atoms with Crippen LogP contribution in [0.1, 0.15) is 17.3 Å². The Kier molecular flexibility index (Phi) is 2.47. The number of nitrogens with zero attached hydrogens (tertiary/aromatic N) is 3. The van der Waals surface area contributed by atoms with Crippen LogP contribution in [0.2, 0.25) is 0 Å². The molecular weight excluding hydrogens is 158 g/mol. The largest absolute Gasteiger partial charge is 0.345 e. The minimum Gasteiger partial charge on any atom is -0.316 e.